The molecule has 4 heteroatoms. The van der Waals surface area contributed by atoms with E-state index < -0.39 is 0 Å². The Morgan fingerprint density at radius 3 is 2.72 bits per heavy atom. The Morgan fingerprint density at radius 2 is 2.11 bits per heavy atom. The predicted molar refractivity (Wildman–Crippen MR) is 71.6 cm³/mol. The highest BCUT2D eigenvalue weighted by molar-refractivity contribution is 5.78. The molecule has 2 aromatic heterocycles. The van der Waals surface area contributed by atoms with Gasteiger partial charge in [0.25, 0.3) is 0 Å². The van der Waals surface area contributed by atoms with E-state index in [4.69, 9.17) is 0 Å². The lowest BCUT2D eigenvalue weighted by molar-refractivity contribution is -0.130. The van der Waals surface area contributed by atoms with E-state index >= 15 is 0 Å². The first kappa shape index (κ1) is 12.6. The molecule has 0 fully saturated rings. The SMILES string of the molecule is CCN(CC)C(=O)Cc1cn2cccc(C)c2n1. The summed E-state index contributed by atoms with van der Waals surface area (Å²) in [6.07, 6.45) is 4.27. The molecule has 0 N–H and O–H groups in total. The molecule has 0 spiro atoms. The Labute approximate surface area is 107 Å². The molecule has 0 radical (unpaired) electrons. The van der Waals surface area contributed by atoms with Crippen molar-refractivity contribution in [2.75, 3.05) is 13.1 Å². The summed E-state index contributed by atoms with van der Waals surface area (Å²) in [6, 6.07) is 4.01. The van der Waals surface area contributed by atoms with E-state index in [-0.39, 0.29) is 5.91 Å². The molecule has 2 rings (SSSR count). The van der Waals surface area contributed by atoms with Crippen LogP contribution in [0.1, 0.15) is 25.1 Å². The number of hydrogen-bond acceptors (Lipinski definition) is 2. The van der Waals surface area contributed by atoms with Gasteiger partial charge in [-0.15, -0.1) is 0 Å². The van der Waals surface area contributed by atoms with Gasteiger partial charge >= 0.3 is 0 Å². The number of carbonyl (C=O) groups is 1. The van der Waals surface area contributed by atoms with Gasteiger partial charge < -0.3 is 9.30 Å². The summed E-state index contributed by atoms with van der Waals surface area (Å²) < 4.78 is 1.97. The third-order valence-electron chi connectivity index (χ3n) is 3.18. The quantitative estimate of drug-likeness (QED) is 0.826. The number of nitrogens with zero attached hydrogens (tertiary/aromatic N) is 3. The fraction of sp³-hybridized carbons (Fsp3) is 0.429. The van der Waals surface area contributed by atoms with Crippen LogP contribution in [-0.4, -0.2) is 33.3 Å². The molecule has 0 aliphatic carbocycles. The van der Waals surface area contributed by atoms with Crippen LogP contribution in [-0.2, 0) is 11.2 Å². The van der Waals surface area contributed by atoms with Gasteiger partial charge in [-0.1, -0.05) is 6.07 Å². The number of likely N-dealkylation sites (N-methyl/N-ethyl adjacent to an activating group) is 1. The van der Waals surface area contributed by atoms with Crippen LogP contribution in [0.5, 0.6) is 0 Å². The monoisotopic (exact) mass is 245 g/mol. The lowest BCUT2D eigenvalue weighted by Crippen LogP contribution is -2.31. The van der Waals surface area contributed by atoms with Gasteiger partial charge in [0, 0.05) is 25.5 Å². The van der Waals surface area contributed by atoms with Gasteiger partial charge in [0.15, 0.2) is 0 Å². The Kier molecular flexibility index (Phi) is 3.65. The molecule has 0 saturated heterocycles. The van der Waals surface area contributed by atoms with Crippen molar-refractivity contribution in [3.63, 3.8) is 0 Å². The second-order valence-electron chi connectivity index (χ2n) is 4.40. The summed E-state index contributed by atoms with van der Waals surface area (Å²) in [5, 5.41) is 0. The molecule has 2 heterocycles. The third-order valence-corrected chi connectivity index (χ3v) is 3.18. The molecular weight excluding hydrogens is 226 g/mol. The van der Waals surface area contributed by atoms with Crippen molar-refractivity contribution in [1.29, 1.82) is 0 Å². The van der Waals surface area contributed by atoms with E-state index in [1.54, 1.807) is 0 Å². The van der Waals surface area contributed by atoms with Crippen LogP contribution >= 0.6 is 0 Å². The number of imidazole rings is 1. The predicted octanol–water partition coefficient (Wildman–Crippen LogP) is 2.05. The molecule has 0 aromatic carbocycles. The number of amides is 1. The maximum Gasteiger partial charge on any atom is 0.228 e. The van der Waals surface area contributed by atoms with Gasteiger partial charge in [0.1, 0.15) is 5.65 Å². The first-order chi connectivity index (χ1) is 8.65. The third kappa shape index (κ3) is 2.37. The highest BCUT2D eigenvalue weighted by atomic mass is 16.2. The van der Waals surface area contributed by atoms with Crippen LogP contribution in [0.4, 0.5) is 0 Å². The number of aromatic nitrogens is 2. The van der Waals surface area contributed by atoms with Crippen LogP contribution in [0, 0.1) is 6.92 Å². The molecule has 18 heavy (non-hydrogen) atoms. The first-order valence-electron chi connectivity index (χ1n) is 6.36. The summed E-state index contributed by atoms with van der Waals surface area (Å²) in [6.45, 7) is 7.52. The molecule has 0 saturated carbocycles. The maximum absolute atomic E-state index is 12.0. The fourth-order valence-corrected chi connectivity index (χ4v) is 2.13. The van der Waals surface area contributed by atoms with Gasteiger partial charge in [-0.3, -0.25) is 4.79 Å². The molecule has 4 nitrogen and oxygen atoms in total. The zero-order valence-electron chi connectivity index (χ0n) is 11.2. The Balaban J connectivity index is 2.22. The van der Waals surface area contributed by atoms with Crippen LogP contribution in [0.2, 0.25) is 0 Å². The first-order valence-corrected chi connectivity index (χ1v) is 6.36. The normalized spacial score (nSPS) is 10.8. The van der Waals surface area contributed by atoms with Crippen LogP contribution < -0.4 is 0 Å². The summed E-state index contributed by atoms with van der Waals surface area (Å²) >= 11 is 0. The van der Waals surface area contributed by atoms with Crippen molar-refractivity contribution in [2.24, 2.45) is 0 Å². The Bertz CT molecular complexity index is 555. The van der Waals surface area contributed by atoms with Crippen molar-refractivity contribution < 1.29 is 4.79 Å². The number of hydrogen-bond donors (Lipinski definition) is 0. The van der Waals surface area contributed by atoms with Crippen LogP contribution in [0.15, 0.2) is 24.5 Å². The lowest BCUT2D eigenvalue weighted by atomic mass is 10.3. The van der Waals surface area contributed by atoms with Crippen LogP contribution in [0.25, 0.3) is 5.65 Å². The van der Waals surface area contributed by atoms with Crippen molar-refractivity contribution in [3.8, 4) is 0 Å². The van der Waals surface area contributed by atoms with Crippen molar-refractivity contribution in [1.82, 2.24) is 14.3 Å². The number of aryl methyl sites for hydroxylation is 1. The van der Waals surface area contributed by atoms with Crippen molar-refractivity contribution in [3.05, 3.63) is 35.8 Å². The molecule has 0 atom stereocenters. The topological polar surface area (TPSA) is 37.6 Å². The van der Waals surface area contributed by atoms with Crippen molar-refractivity contribution >= 4 is 11.6 Å². The number of pyridine rings is 1. The minimum atomic E-state index is 0.140. The Hall–Kier alpha value is -1.84. The molecule has 96 valence electrons. The van der Waals surface area contributed by atoms with Gasteiger partial charge in [-0.05, 0) is 32.4 Å². The average molecular weight is 245 g/mol. The van der Waals surface area contributed by atoms with Crippen LogP contribution in [0.3, 0.4) is 0 Å². The maximum atomic E-state index is 12.0. The number of rotatable bonds is 4. The molecule has 0 bridgehead atoms. The molecular formula is C14H19N3O. The van der Waals surface area contributed by atoms with E-state index in [0.717, 1.165) is 30.0 Å². The van der Waals surface area contributed by atoms with Gasteiger partial charge in [0.05, 0.1) is 12.1 Å². The number of fused-ring (bicyclic) bond motifs is 1. The zero-order valence-corrected chi connectivity index (χ0v) is 11.2. The summed E-state index contributed by atoms with van der Waals surface area (Å²) in [7, 11) is 0. The summed E-state index contributed by atoms with van der Waals surface area (Å²) in [5.41, 5.74) is 2.89. The molecule has 0 aliphatic rings. The van der Waals surface area contributed by atoms with E-state index in [2.05, 4.69) is 4.98 Å². The van der Waals surface area contributed by atoms with E-state index in [0.29, 0.717) is 6.42 Å². The van der Waals surface area contributed by atoms with E-state index in [1.807, 2.05) is 54.6 Å². The van der Waals surface area contributed by atoms with Gasteiger partial charge in [0.2, 0.25) is 5.91 Å². The minimum absolute atomic E-state index is 0.140. The average Bonchev–Trinajstić information content (AvgIpc) is 2.74. The van der Waals surface area contributed by atoms with E-state index in [1.165, 1.54) is 0 Å². The highest BCUT2D eigenvalue weighted by Crippen LogP contribution is 2.11. The van der Waals surface area contributed by atoms with E-state index in [9.17, 15) is 4.79 Å². The summed E-state index contributed by atoms with van der Waals surface area (Å²) in [5.74, 6) is 0.140. The minimum Gasteiger partial charge on any atom is -0.343 e. The zero-order chi connectivity index (χ0) is 13.1. The second kappa shape index (κ2) is 5.21. The number of carbonyl (C=O) groups excluding carboxylic acids is 1. The fourth-order valence-electron chi connectivity index (χ4n) is 2.13. The Morgan fingerprint density at radius 1 is 1.39 bits per heavy atom. The molecule has 1 amide bonds. The molecule has 0 aliphatic heterocycles. The van der Waals surface area contributed by atoms with Gasteiger partial charge in [-0.2, -0.15) is 0 Å². The standard InChI is InChI=1S/C14H19N3O/c1-4-16(5-2)13(18)9-12-10-17-8-6-7-11(3)14(17)15-12/h6-8,10H,4-5,9H2,1-3H3. The molecule has 2 aromatic rings. The highest BCUT2D eigenvalue weighted by Gasteiger charge is 2.13. The van der Waals surface area contributed by atoms with Gasteiger partial charge in [-0.25, -0.2) is 4.98 Å². The molecule has 0 unspecified atom stereocenters. The largest absolute Gasteiger partial charge is 0.343 e. The second-order valence-corrected chi connectivity index (χ2v) is 4.40. The lowest BCUT2D eigenvalue weighted by Gasteiger charge is -2.17. The van der Waals surface area contributed by atoms with Crippen molar-refractivity contribution in [2.45, 2.75) is 27.2 Å². The summed E-state index contributed by atoms with van der Waals surface area (Å²) in [4.78, 5) is 18.4. The smallest absolute Gasteiger partial charge is 0.228 e.